The molecule has 9 nitrogen and oxygen atoms in total. The molecule has 1 aromatic rings. The molecule has 0 unspecified atom stereocenters. The zero-order valence-electron chi connectivity index (χ0n) is 19.2. The van der Waals surface area contributed by atoms with Crippen LogP contribution in [0.3, 0.4) is 0 Å². The highest BCUT2D eigenvalue weighted by atomic mass is 32.2. The average Bonchev–Trinajstić information content (AvgIpc) is 2.69. The molecule has 1 fully saturated rings. The van der Waals surface area contributed by atoms with Crippen molar-refractivity contribution in [1.82, 2.24) is 10.0 Å². The lowest BCUT2D eigenvalue weighted by Gasteiger charge is -2.31. The van der Waals surface area contributed by atoms with Crippen molar-refractivity contribution in [2.75, 3.05) is 11.9 Å². The Morgan fingerprint density at radius 2 is 1.76 bits per heavy atom. The molecule has 1 atom stereocenters. The molecule has 13 heteroatoms. The number of anilines is 1. The molecule has 34 heavy (non-hydrogen) atoms. The summed E-state index contributed by atoms with van der Waals surface area (Å²) >= 11 is 0. The molecule has 0 bridgehead atoms. The van der Waals surface area contributed by atoms with E-state index in [0.29, 0.717) is 12.8 Å². The van der Waals surface area contributed by atoms with Crippen LogP contribution in [0.25, 0.3) is 0 Å². The van der Waals surface area contributed by atoms with Gasteiger partial charge in [-0.25, -0.2) is 17.9 Å². The summed E-state index contributed by atoms with van der Waals surface area (Å²) in [6, 6.07) is 1.98. The van der Waals surface area contributed by atoms with E-state index in [1.165, 1.54) is 4.72 Å². The van der Waals surface area contributed by atoms with Crippen molar-refractivity contribution in [3.05, 3.63) is 18.2 Å². The van der Waals surface area contributed by atoms with Crippen LogP contribution in [0.15, 0.2) is 23.1 Å². The van der Waals surface area contributed by atoms with Gasteiger partial charge in [0.2, 0.25) is 15.9 Å². The Morgan fingerprint density at radius 1 is 1.15 bits per heavy atom. The normalized spacial score (nSPS) is 16.5. The van der Waals surface area contributed by atoms with E-state index in [1.807, 2.05) is 0 Å². The highest BCUT2D eigenvalue weighted by Gasteiger charge is 2.33. The number of halogens is 3. The third-order valence-corrected chi connectivity index (χ3v) is 6.50. The van der Waals surface area contributed by atoms with Crippen LogP contribution in [0, 0.1) is 5.92 Å². The van der Waals surface area contributed by atoms with Gasteiger partial charge in [0, 0.05) is 11.8 Å². The molecule has 0 heterocycles. The second-order valence-corrected chi connectivity index (χ2v) is 10.9. The predicted molar refractivity (Wildman–Crippen MR) is 118 cm³/mol. The van der Waals surface area contributed by atoms with Gasteiger partial charge in [0.1, 0.15) is 28.8 Å². The largest absolute Gasteiger partial charge is 0.506 e. The molecule has 1 saturated carbocycles. The molecular formula is C21H30F3N3O6S. The first kappa shape index (κ1) is 27.7. The first-order valence-electron chi connectivity index (χ1n) is 10.8. The van der Waals surface area contributed by atoms with Crippen molar-refractivity contribution in [2.24, 2.45) is 5.92 Å². The summed E-state index contributed by atoms with van der Waals surface area (Å²) in [6.45, 7) is 3.26. The topological polar surface area (TPSA) is 134 Å². The molecule has 2 rings (SSSR count). The minimum Gasteiger partial charge on any atom is -0.506 e. The minimum absolute atomic E-state index is 0.00377. The fourth-order valence-corrected chi connectivity index (χ4v) is 4.69. The summed E-state index contributed by atoms with van der Waals surface area (Å²) in [5.74, 6) is -1.59. The second-order valence-electron chi connectivity index (χ2n) is 9.13. The summed E-state index contributed by atoms with van der Waals surface area (Å²) < 4.78 is 67.8. The number of hydrogen-bond acceptors (Lipinski definition) is 6. The zero-order valence-corrected chi connectivity index (χ0v) is 20.0. The lowest BCUT2D eigenvalue weighted by molar-refractivity contribution is -0.121. The second kappa shape index (κ2) is 10.8. The number of alkyl halides is 3. The first-order chi connectivity index (χ1) is 15.6. The maximum absolute atomic E-state index is 13.0. The monoisotopic (exact) mass is 509 g/mol. The fraction of sp³-hybridized carbons (Fsp3) is 0.619. The molecule has 1 aliphatic carbocycles. The number of phenols is 1. The number of aromatic hydroxyl groups is 1. The fourth-order valence-electron chi connectivity index (χ4n) is 3.60. The van der Waals surface area contributed by atoms with Crippen LogP contribution < -0.4 is 15.4 Å². The number of carbonyl (C=O) groups is 2. The summed E-state index contributed by atoms with van der Waals surface area (Å²) in [7, 11) is -4.64. The molecule has 1 aliphatic rings. The molecule has 192 valence electrons. The van der Waals surface area contributed by atoms with Gasteiger partial charge in [0.15, 0.2) is 0 Å². The number of sulfonamides is 1. The molecule has 4 N–H and O–H groups in total. The Hall–Kier alpha value is -2.54. The number of nitrogens with one attached hydrogen (secondary N) is 3. The van der Waals surface area contributed by atoms with Crippen molar-refractivity contribution in [1.29, 1.82) is 0 Å². The molecular weight excluding hydrogens is 479 g/mol. The van der Waals surface area contributed by atoms with Crippen LogP contribution in [-0.2, 0) is 19.6 Å². The Morgan fingerprint density at radius 3 is 2.29 bits per heavy atom. The van der Waals surface area contributed by atoms with Crippen LogP contribution >= 0.6 is 0 Å². The number of rotatable bonds is 7. The van der Waals surface area contributed by atoms with E-state index in [2.05, 4.69) is 10.6 Å². The SMILES string of the molecule is CC(C)(C)OC(=O)N[C@H](C(=O)Nc1ccc(S(=O)(=O)NCC(F)(F)F)c(O)c1)C1CCCCC1. The highest BCUT2D eigenvalue weighted by molar-refractivity contribution is 7.89. The standard InChI is InChI=1S/C21H30F3N3O6S/c1-20(2,3)33-19(30)27-17(13-7-5-4-6-8-13)18(29)26-14-9-10-16(15(28)11-14)34(31,32)25-12-21(22,23)24/h9-11,13,17,25,28H,4-8,12H2,1-3H3,(H,26,29)(H,27,30)/t17-/m0/s1. The summed E-state index contributed by atoms with van der Waals surface area (Å²) in [4.78, 5) is 24.5. The van der Waals surface area contributed by atoms with E-state index in [0.717, 1.165) is 37.5 Å². The molecule has 0 aliphatic heterocycles. The maximum atomic E-state index is 13.0. The third kappa shape index (κ3) is 8.67. The van der Waals surface area contributed by atoms with Gasteiger partial charge in [-0.2, -0.15) is 13.2 Å². The molecule has 1 aromatic carbocycles. The van der Waals surface area contributed by atoms with E-state index in [-0.39, 0.29) is 11.6 Å². The van der Waals surface area contributed by atoms with Crippen LogP contribution in [0.4, 0.5) is 23.7 Å². The number of amides is 2. The van der Waals surface area contributed by atoms with Gasteiger partial charge >= 0.3 is 12.3 Å². The van der Waals surface area contributed by atoms with Crippen LogP contribution in [0.5, 0.6) is 5.75 Å². The molecule has 0 saturated heterocycles. The molecule has 0 aromatic heterocycles. The van der Waals surface area contributed by atoms with Crippen molar-refractivity contribution in [3.63, 3.8) is 0 Å². The highest BCUT2D eigenvalue weighted by Crippen LogP contribution is 2.29. The number of carbonyl (C=O) groups excluding carboxylic acids is 2. The number of benzene rings is 1. The van der Waals surface area contributed by atoms with Crippen molar-refractivity contribution in [2.45, 2.75) is 75.6 Å². The number of hydrogen-bond donors (Lipinski definition) is 4. The lowest BCUT2D eigenvalue weighted by atomic mass is 9.83. The van der Waals surface area contributed by atoms with Crippen molar-refractivity contribution < 1.29 is 41.0 Å². The minimum atomic E-state index is -4.77. The van der Waals surface area contributed by atoms with Gasteiger partial charge in [-0.1, -0.05) is 19.3 Å². The number of phenolic OH excluding ortho intramolecular Hbond substituents is 1. The van der Waals surface area contributed by atoms with Gasteiger partial charge < -0.3 is 20.5 Å². The molecule has 2 amide bonds. The first-order valence-corrected chi connectivity index (χ1v) is 12.3. The average molecular weight is 510 g/mol. The lowest BCUT2D eigenvalue weighted by Crippen LogP contribution is -2.50. The Bertz CT molecular complexity index is 986. The van der Waals surface area contributed by atoms with E-state index in [9.17, 15) is 36.3 Å². The quantitative estimate of drug-likeness (QED) is 0.443. The van der Waals surface area contributed by atoms with Crippen molar-refractivity contribution in [3.8, 4) is 5.75 Å². The number of alkyl carbamates (subject to hydrolysis) is 1. The van der Waals surface area contributed by atoms with E-state index in [4.69, 9.17) is 4.74 Å². The van der Waals surface area contributed by atoms with E-state index >= 15 is 0 Å². The van der Waals surface area contributed by atoms with Gasteiger partial charge in [-0.05, 0) is 51.7 Å². The third-order valence-electron chi connectivity index (χ3n) is 5.05. The molecule has 0 radical (unpaired) electrons. The van der Waals surface area contributed by atoms with E-state index < -0.39 is 57.0 Å². The summed E-state index contributed by atoms with van der Waals surface area (Å²) in [6.07, 6.45) is -1.32. The maximum Gasteiger partial charge on any atom is 0.408 e. The molecule has 0 spiro atoms. The summed E-state index contributed by atoms with van der Waals surface area (Å²) in [5, 5.41) is 15.2. The smallest absolute Gasteiger partial charge is 0.408 e. The summed E-state index contributed by atoms with van der Waals surface area (Å²) in [5.41, 5.74) is -0.769. The van der Waals surface area contributed by atoms with Crippen LogP contribution in [-0.4, -0.2) is 49.9 Å². The Kier molecular flexibility index (Phi) is 8.81. The predicted octanol–water partition coefficient (Wildman–Crippen LogP) is 3.64. The van der Waals surface area contributed by atoms with Crippen LogP contribution in [0.2, 0.25) is 0 Å². The Balaban J connectivity index is 2.17. The van der Waals surface area contributed by atoms with Gasteiger partial charge in [-0.15, -0.1) is 0 Å². The van der Waals surface area contributed by atoms with Gasteiger partial charge in [0.25, 0.3) is 0 Å². The van der Waals surface area contributed by atoms with Gasteiger partial charge in [0.05, 0.1) is 0 Å². The van der Waals surface area contributed by atoms with Gasteiger partial charge in [-0.3, -0.25) is 4.79 Å². The number of ether oxygens (including phenoxy) is 1. The van der Waals surface area contributed by atoms with Crippen molar-refractivity contribution >= 4 is 27.7 Å². The Labute approximate surface area is 196 Å². The van der Waals surface area contributed by atoms with Crippen LogP contribution in [0.1, 0.15) is 52.9 Å². The zero-order chi connectivity index (χ0) is 25.7. The van der Waals surface area contributed by atoms with E-state index in [1.54, 1.807) is 20.8 Å².